The maximum absolute atomic E-state index is 13.6. The second-order valence-corrected chi connectivity index (χ2v) is 10.4. The van der Waals surface area contributed by atoms with Crippen LogP contribution in [0.2, 0.25) is 0 Å². The molecule has 0 aliphatic carbocycles. The van der Waals surface area contributed by atoms with Crippen molar-refractivity contribution in [2.75, 3.05) is 13.6 Å². The maximum Gasteiger partial charge on any atom is 0.332 e. The number of esters is 2. The van der Waals surface area contributed by atoms with E-state index in [0.29, 0.717) is 19.4 Å². The number of rotatable bonds is 12. The van der Waals surface area contributed by atoms with Crippen LogP contribution in [0.1, 0.15) is 59.4 Å². The smallest absolute Gasteiger partial charge is 0.332 e. The fraction of sp³-hybridized carbons (Fsp3) is 0.607. The van der Waals surface area contributed by atoms with Gasteiger partial charge in [0.15, 0.2) is 6.04 Å². The number of carbonyl (C=O) groups is 5. The van der Waals surface area contributed by atoms with Gasteiger partial charge in [-0.2, -0.15) is 0 Å². The molecule has 2 rings (SSSR count). The van der Waals surface area contributed by atoms with Gasteiger partial charge in [-0.15, -0.1) is 0 Å². The third-order valence-corrected chi connectivity index (χ3v) is 6.59. The van der Waals surface area contributed by atoms with Gasteiger partial charge in [0, 0.05) is 20.5 Å². The largest absolute Gasteiger partial charge is 0.460 e. The standard InChI is InChI=1S/C28H41N3O8/c1-17(2)15-23(30(6)27(36)22-13-10-14-31(22)26(35)18(3)32)25(34)29-24(19(4)39-20(5)33)28(37)38-16-21-11-8-7-9-12-21/h7-9,11-12,17-19,22-24,32H,10,13-16H2,1-6H3,(H,29,34)/t18-,19+,22-,23+,24+/m0/s1. The average Bonchev–Trinajstić information content (AvgIpc) is 3.37. The van der Waals surface area contributed by atoms with Crippen LogP contribution < -0.4 is 5.32 Å². The highest BCUT2D eigenvalue weighted by molar-refractivity contribution is 5.94. The van der Waals surface area contributed by atoms with Crippen LogP contribution in [0, 0.1) is 5.92 Å². The number of likely N-dealkylation sites (N-methyl/N-ethyl adjacent to an activating group) is 1. The van der Waals surface area contributed by atoms with Crippen molar-refractivity contribution in [3.8, 4) is 0 Å². The lowest BCUT2D eigenvalue weighted by atomic mass is 10.00. The average molecular weight is 548 g/mol. The van der Waals surface area contributed by atoms with E-state index in [2.05, 4.69) is 5.32 Å². The quantitative estimate of drug-likeness (QED) is 0.374. The van der Waals surface area contributed by atoms with Gasteiger partial charge < -0.3 is 29.7 Å². The Morgan fingerprint density at radius 3 is 2.31 bits per heavy atom. The zero-order chi connectivity index (χ0) is 29.3. The highest BCUT2D eigenvalue weighted by Crippen LogP contribution is 2.22. The Balaban J connectivity index is 2.24. The molecule has 3 amide bonds. The number of aliphatic hydroxyl groups excluding tert-OH is 1. The summed E-state index contributed by atoms with van der Waals surface area (Å²) in [4.78, 5) is 66.8. The summed E-state index contributed by atoms with van der Waals surface area (Å²) in [7, 11) is 1.48. The minimum Gasteiger partial charge on any atom is -0.460 e. The Morgan fingerprint density at radius 2 is 1.74 bits per heavy atom. The zero-order valence-corrected chi connectivity index (χ0v) is 23.6. The fourth-order valence-corrected chi connectivity index (χ4v) is 4.57. The fourth-order valence-electron chi connectivity index (χ4n) is 4.57. The van der Waals surface area contributed by atoms with Gasteiger partial charge >= 0.3 is 11.9 Å². The summed E-state index contributed by atoms with van der Waals surface area (Å²) >= 11 is 0. The van der Waals surface area contributed by atoms with Crippen LogP contribution in [0.5, 0.6) is 0 Å². The summed E-state index contributed by atoms with van der Waals surface area (Å²) in [5.41, 5.74) is 0.743. The van der Waals surface area contributed by atoms with Crippen LogP contribution in [0.25, 0.3) is 0 Å². The van der Waals surface area contributed by atoms with Crippen molar-refractivity contribution in [3.63, 3.8) is 0 Å². The summed E-state index contributed by atoms with van der Waals surface area (Å²) in [6.07, 6.45) is -0.999. The van der Waals surface area contributed by atoms with E-state index in [-0.39, 0.29) is 18.9 Å². The molecule has 39 heavy (non-hydrogen) atoms. The topological polar surface area (TPSA) is 143 Å². The van der Waals surface area contributed by atoms with E-state index >= 15 is 0 Å². The Labute approximate surface area is 229 Å². The zero-order valence-electron chi connectivity index (χ0n) is 23.6. The SMILES string of the molecule is CC(=O)O[C@H](C)[C@@H](NC(=O)[C@@H](CC(C)C)N(C)C(=O)[C@@H]1CCCN1C(=O)[C@H](C)O)C(=O)OCc1ccccc1. The van der Waals surface area contributed by atoms with Gasteiger partial charge in [0.05, 0.1) is 0 Å². The Bertz CT molecular complexity index is 1010. The third kappa shape index (κ3) is 9.05. The van der Waals surface area contributed by atoms with Gasteiger partial charge in [-0.1, -0.05) is 44.2 Å². The first-order valence-electron chi connectivity index (χ1n) is 13.3. The van der Waals surface area contributed by atoms with Crippen LogP contribution in [0.4, 0.5) is 0 Å². The maximum atomic E-state index is 13.6. The van der Waals surface area contributed by atoms with Crippen molar-refractivity contribution >= 4 is 29.7 Å². The predicted octanol–water partition coefficient (Wildman–Crippen LogP) is 1.41. The molecule has 0 aromatic heterocycles. The van der Waals surface area contributed by atoms with Crippen LogP contribution in [0.3, 0.4) is 0 Å². The number of ether oxygens (including phenoxy) is 2. The molecule has 0 bridgehead atoms. The molecule has 1 saturated heterocycles. The number of amides is 3. The first kappa shape index (κ1) is 31.7. The van der Waals surface area contributed by atoms with Crippen molar-refractivity contribution in [3.05, 3.63) is 35.9 Å². The molecular weight excluding hydrogens is 506 g/mol. The van der Waals surface area contributed by atoms with E-state index < -0.39 is 60.0 Å². The third-order valence-electron chi connectivity index (χ3n) is 6.59. The highest BCUT2D eigenvalue weighted by Gasteiger charge is 2.41. The molecule has 5 atom stereocenters. The minimum absolute atomic E-state index is 0.00384. The number of aliphatic hydroxyl groups is 1. The first-order valence-corrected chi connectivity index (χ1v) is 13.3. The first-order chi connectivity index (χ1) is 18.3. The molecule has 1 aliphatic heterocycles. The molecule has 0 saturated carbocycles. The Kier molecular flexibility index (Phi) is 11.9. The second-order valence-electron chi connectivity index (χ2n) is 10.4. The monoisotopic (exact) mass is 547 g/mol. The molecule has 1 aromatic carbocycles. The summed E-state index contributed by atoms with van der Waals surface area (Å²) in [5.74, 6) is -3.01. The van der Waals surface area contributed by atoms with Gasteiger partial charge in [0.1, 0.15) is 30.9 Å². The molecule has 1 heterocycles. The summed E-state index contributed by atoms with van der Waals surface area (Å²) in [5, 5.41) is 12.4. The van der Waals surface area contributed by atoms with Crippen molar-refractivity contribution < 1.29 is 38.6 Å². The summed E-state index contributed by atoms with van der Waals surface area (Å²) in [6.45, 7) is 8.10. The lowest BCUT2D eigenvalue weighted by Gasteiger charge is -2.34. The number of likely N-dealkylation sites (tertiary alicyclic amines) is 1. The van der Waals surface area contributed by atoms with Crippen molar-refractivity contribution in [2.24, 2.45) is 5.92 Å². The Hall–Kier alpha value is -3.47. The number of nitrogens with zero attached hydrogens (tertiary/aromatic N) is 2. The molecule has 0 spiro atoms. The van der Waals surface area contributed by atoms with Gasteiger partial charge in [-0.05, 0) is 44.6 Å². The summed E-state index contributed by atoms with van der Waals surface area (Å²) < 4.78 is 10.6. The number of benzene rings is 1. The predicted molar refractivity (Wildman–Crippen MR) is 142 cm³/mol. The molecule has 0 unspecified atom stereocenters. The highest BCUT2D eigenvalue weighted by atomic mass is 16.6. The molecule has 11 nitrogen and oxygen atoms in total. The van der Waals surface area contributed by atoms with Crippen LogP contribution in [-0.4, -0.2) is 88.5 Å². The molecule has 2 N–H and O–H groups in total. The second kappa shape index (κ2) is 14.6. The molecule has 0 radical (unpaired) electrons. The molecule has 216 valence electrons. The van der Waals surface area contributed by atoms with Crippen LogP contribution in [0.15, 0.2) is 30.3 Å². The molecule has 1 fully saturated rings. The molecule has 1 aromatic rings. The lowest BCUT2D eigenvalue weighted by molar-refractivity contribution is -0.159. The van der Waals surface area contributed by atoms with Crippen LogP contribution >= 0.6 is 0 Å². The van der Waals surface area contributed by atoms with Gasteiger partial charge in [-0.25, -0.2) is 4.79 Å². The Morgan fingerprint density at radius 1 is 1.10 bits per heavy atom. The molecular formula is C28H41N3O8. The number of hydrogen-bond acceptors (Lipinski definition) is 8. The minimum atomic E-state index is -1.32. The number of nitrogens with one attached hydrogen (secondary N) is 1. The van der Waals surface area contributed by atoms with Crippen molar-refractivity contribution in [2.45, 2.75) is 90.8 Å². The molecule has 1 aliphatic rings. The summed E-state index contributed by atoms with van der Waals surface area (Å²) in [6, 6.07) is 5.90. The normalized spacial score (nSPS) is 18.1. The van der Waals surface area contributed by atoms with E-state index in [1.807, 2.05) is 19.9 Å². The van der Waals surface area contributed by atoms with E-state index in [1.54, 1.807) is 24.3 Å². The molecule has 11 heteroatoms. The van der Waals surface area contributed by atoms with E-state index in [9.17, 15) is 29.1 Å². The van der Waals surface area contributed by atoms with Crippen molar-refractivity contribution in [1.29, 1.82) is 0 Å². The van der Waals surface area contributed by atoms with Gasteiger partial charge in [0.2, 0.25) is 11.8 Å². The van der Waals surface area contributed by atoms with E-state index in [4.69, 9.17) is 9.47 Å². The van der Waals surface area contributed by atoms with E-state index in [1.165, 1.54) is 37.6 Å². The van der Waals surface area contributed by atoms with Crippen LogP contribution in [-0.2, 0) is 40.1 Å². The van der Waals surface area contributed by atoms with Gasteiger partial charge in [0.25, 0.3) is 5.91 Å². The van der Waals surface area contributed by atoms with Gasteiger partial charge in [-0.3, -0.25) is 19.2 Å². The number of hydrogen-bond donors (Lipinski definition) is 2. The van der Waals surface area contributed by atoms with Crippen molar-refractivity contribution in [1.82, 2.24) is 15.1 Å². The van der Waals surface area contributed by atoms with E-state index in [0.717, 1.165) is 5.56 Å². The lowest BCUT2D eigenvalue weighted by Crippen LogP contribution is -2.58. The number of carbonyl (C=O) groups excluding carboxylic acids is 5.